The van der Waals surface area contributed by atoms with Gasteiger partial charge in [0.1, 0.15) is 6.04 Å². The Hall–Kier alpha value is -0.430. The molecule has 6 heteroatoms. The average Bonchev–Trinajstić information content (AvgIpc) is 2.58. The van der Waals surface area contributed by atoms with Crippen LogP contribution in [0.25, 0.3) is 0 Å². The molecule has 0 spiro atoms. The quantitative estimate of drug-likeness (QED) is 0.841. The van der Waals surface area contributed by atoms with Gasteiger partial charge in [0, 0.05) is 18.0 Å². The first-order chi connectivity index (χ1) is 7.50. The van der Waals surface area contributed by atoms with E-state index in [0.717, 1.165) is 15.2 Å². The largest absolute Gasteiger partial charge is 0.480 e. The fraction of sp³-hybridized carbons (Fsp3) is 0.500. The van der Waals surface area contributed by atoms with E-state index in [0.29, 0.717) is 6.54 Å². The number of thiophene rings is 1. The Kier molecular flexibility index (Phi) is 5.40. The summed E-state index contributed by atoms with van der Waals surface area (Å²) >= 11 is 4.77. The molecule has 0 aromatic carbocycles. The average molecular weight is 307 g/mol. The maximum Gasteiger partial charge on any atom is 0.326 e. The highest BCUT2D eigenvalue weighted by Gasteiger charge is 2.20. The fourth-order valence-corrected chi connectivity index (χ4v) is 2.72. The maximum atomic E-state index is 11.1. The van der Waals surface area contributed by atoms with Crippen LogP contribution in [0, 0.1) is 0 Å². The first kappa shape index (κ1) is 13.6. The molecule has 0 saturated carbocycles. The highest BCUT2D eigenvalue weighted by atomic mass is 79.9. The number of carbonyl (C=O) groups is 1. The lowest BCUT2D eigenvalue weighted by atomic mass is 10.2. The molecule has 2 N–H and O–H groups in total. The molecule has 0 bridgehead atoms. The zero-order chi connectivity index (χ0) is 12.1. The number of carboxylic acid groups (broad SMARTS) is 1. The Morgan fingerprint density at radius 2 is 2.31 bits per heavy atom. The zero-order valence-electron chi connectivity index (χ0n) is 9.24. The van der Waals surface area contributed by atoms with Gasteiger partial charge >= 0.3 is 5.97 Å². The van der Waals surface area contributed by atoms with Crippen LogP contribution in [0.1, 0.15) is 10.9 Å². The zero-order valence-corrected chi connectivity index (χ0v) is 11.6. The molecule has 90 valence electrons. The van der Waals surface area contributed by atoms with Crippen molar-refractivity contribution in [2.45, 2.75) is 6.04 Å². The molecule has 0 aliphatic rings. The van der Waals surface area contributed by atoms with Crippen LogP contribution < -0.4 is 5.32 Å². The summed E-state index contributed by atoms with van der Waals surface area (Å²) in [5.74, 6) is -0.840. The highest BCUT2D eigenvalue weighted by molar-refractivity contribution is 9.11. The van der Waals surface area contributed by atoms with Gasteiger partial charge in [0.25, 0.3) is 0 Å². The molecule has 0 amide bonds. The van der Waals surface area contributed by atoms with Crippen LogP contribution in [0.4, 0.5) is 0 Å². The van der Waals surface area contributed by atoms with E-state index in [1.54, 1.807) is 0 Å². The highest BCUT2D eigenvalue weighted by Crippen LogP contribution is 2.27. The Balaban J connectivity index is 2.58. The summed E-state index contributed by atoms with van der Waals surface area (Å²) in [6, 6.07) is 3.08. The smallest absolute Gasteiger partial charge is 0.326 e. The Labute approximate surface area is 107 Å². The van der Waals surface area contributed by atoms with Crippen LogP contribution in [0.3, 0.4) is 0 Å². The van der Waals surface area contributed by atoms with Gasteiger partial charge in [0.2, 0.25) is 0 Å². The summed E-state index contributed by atoms with van der Waals surface area (Å²) in [4.78, 5) is 13.9. The summed E-state index contributed by atoms with van der Waals surface area (Å²) in [5.41, 5.74) is 0. The summed E-state index contributed by atoms with van der Waals surface area (Å²) in [6.07, 6.45) is 0. The molecule has 1 atom stereocenters. The number of aliphatic carboxylic acids is 1. The lowest BCUT2D eigenvalue weighted by Gasteiger charge is -2.15. The number of hydrogen-bond donors (Lipinski definition) is 2. The van der Waals surface area contributed by atoms with Gasteiger partial charge in [-0.05, 0) is 42.2 Å². The van der Waals surface area contributed by atoms with Gasteiger partial charge in [0.15, 0.2) is 0 Å². The molecule has 1 aromatic heterocycles. The summed E-state index contributed by atoms with van der Waals surface area (Å²) in [5, 5.41) is 12.1. The van der Waals surface area contributed by atoms with Crippen LogP contribution in [0.15, 0.2) is 15.9 Å². The molecule has 16 heavy (non-hydrogen) atoms. The number of nitrogens with zero attached hydrogens (tertiary/aromatic N) is 1. The van der Waals surface area contributed by atoms with Crippen molar-refractivity contribution < 1.29 is 9.90 Å². The van der Waals surface area contributed by atoms with E-state index in [4.69, 9.17) is 5.11 Å². The van der Waals surface area contributed by atoms with Crippen LogP contribution in [-0.4, -0.2) is 43.2 Å². The van der Waals surface area contributed by atoms with Crippen LogP contribution in [0.2, 0.25) is 0 Å². The molecule has 1 rings (SSSR count). The van der Waals surface area contributed by atoms with E-state index in [-0.39, 0.29) is 0 Å². The van der Waals surface area contributed by atoms with Crippen molar-refractivity contribution in [1.29, 1.82) is 0 Å². The monoisotopic (exact) mass is 306 g/mol. The summed E-state index contributed by atoms with van der Waals surface area (Å²) in [7, 11) is 3.92. The molecule has 0 aliphatic carbocycles. The second kappa shape index (κ2) is 6.34. The van der Waals surface area contributed by atoms with Gasteiger partial charge < -0.3 is 10.0 Å². The number of carboxylic acids is 1. The molecule has 0 fully saturated rings. The molecule has 0 aliphatic heterocycles. The fourth-order valence-electron chi connectivity index (χ4n) is 1.23. The van der Waals surface area contributed by atoms with E-state index in [2.05, 4.69) is 21.2 Å². The van der Waals surface area contributed by atoms with Crippen molar-refractivity contribution in [3.05, 3.63) is 20.8 Å². The predicted molar refractivity (Wildman–Crippen MR) is 69.0 cm³/mol. The third kappa shape index (κ3) is 4.21. The Bertz CT molecular complexity index is 354. The van der Waals surface area contributed by atoms with Crippen molar-refractivity contribution in [3.63, 3.8) is 0 Å². The van der Waals surface area contributed by atoms with Gasteiger partial charge in [0.05, 0.1) is 3.79 Å². The minimum absolute atomic E-state index is 0.615. The second-order valence-corrected chi connectivity index (χ2v) is 6.17. The van der Waals surface area contributed by atoms with Crippen molar-refractivity contribution >= 4 is 33.2 Å². The van der Waals surface area contributed by atoms with Crippen molar-refractivity contribution in [3.8, 4) is 0 Å². The third-order valence-electron chi connectivity index (χ3n) is 2.03. The minimum Gasteiger partial charge on any atom is -0.480 e. The van der Waals surface area contributed by atoms with E-state index in [1.165, 1.54) is 11.3 Å². The van der Waals surface area contributed by atoms with Crippen LogP contribution in [0.5, 0.6) is 0 Å². The van der Waals surface area contributed by atoms with Gasteiger partial charge in [-0.15, -0.1) is 11.3 Å². The lowest BCUT2D eigenvalue weighted by Crippen LogP contribution is -2.33. The SMILES string of the molecule is CN(C)CCNC(C(=O)O)c1ccc(Br)s1. The van der Waals surface area contributed by atoms with Crippen LogP contribution >= 0.6 is 27.3 Å². The van der Waals surface area contributed by atoms with E-state index in [1.807, 2.05) is 31.1 Å². The number of likely N-dealkylation sites (N-methyl/N-ethyl adjacent to an activating group) is 1. The Morgan fingerprint density at radius 3 is 2.75 bits per heavy atom. The van der Waals surface area contributed by atoms with Gasteiger partial charge in [-0.1, -0.05) is 0 Å². The standard InChI is InChI=1S/C10H15BrN2O2S/c1-13(2)6-5-12-9(10(14)15)7-3-4-8(11)16-7/h3-4,9,12H,5-6H2,1-2H3,(H,14,15). The lowest BCUT2D eigenvalue weighted by molar-refractivity contribution is -0.139. The molecule has 1 heterocycles. The van der Waals surface area contributed by atoms with Crippen molar-refractivity contribution in [1.82, 2.24) is 10.2 Å². The predicted octanol–water partition coefficient (Wildman–Crippen LogP) is 1.79. The first-order valence-electron chi connectivity index (χ1n) is 4.87. The molecule has 0 saturated heterocycles. The van der Waals surface area contributed by atoms with Crippen molar-refractivity contribution in [2.75, 3.05) is 27.2 Å². The molecule has 0 radical (unpaired) electrons. The summed E-state index contributed by atoms with van der Waals surface area (Å²) < 4.78 is 0.947. The first-order valence-corrected chi connectivity index (χ1v) is 6.48. The second-order valence-electron chi connectivity index (χ2n) is 3.67. The van der Waals surface area contributed by atoms with Gasteiger partial charge in [-0.3, -0.25) is 10.1 Å². The van der Waals surface area contributed by atoms with E-state index < -0.39 is 12.0 Å². The summed E-state index contributed by atoms with van der Waals surface area (Å²) in [6.45, 7) is 1.47. The number of halogens is 1. The third-order valence-corrected chi connectivity index (χ3v) is 3.72. The Morgan fingerprint density at radius 1 is 1.62 bits per heavy atom. The normalized spacial score (nSPS) is 13.0. The minimum atomic E-state index is -0.840. The van der Waals surface area contributed by atoms with E-state index >= 15 is 0 Å². The molecule has 1 unspecified atom stereocenters. The van der Waals surface area contributed by atoms with Crippen LogP contribution in [-0.2, 0) is 4.79 Å². The molecule has 4 nitrogen and oxygen atoms in total. The van der Waals surface area contributed by atoms with Gasteiger partial charge in [-0.2, -0.15) is 0 Å². The topological polar surface area (TPSA) is 52.6 Å². The van der Waals surface area contributed by atoms with Gasteiger partial charge in [-0.25, -0.2) is 0 Å². The van der Waals surface area contributed by atoms with E-state index in [9.17, 15) is 4.79 Å². The number of nitrogens with one attached hydrogen (secondary N) is 1. The number of hydrogen-bond acceptors (Lipinski definition) is 4. The van der Waals surface area contributed by atoms with Crippen molar-refractivity contribution in [2.24, 2.45) is 0 Å². The number of rotatable bonds is 6. The maximum absolute atomic E-state index is 11.1. The molecular weight excluding hydrogens is 292 g/mol. The molecule has 1 aromatic rings. The molecular formula is C10H15BrN2O2S.